The first-order chi connectivity index (χ1) is 6.60. The molecule has 0 aliphatic heterocycles. The fourth-order valence-electron chi connectivity index (χ4n) is 1.07. The summed E-state index contributed by atoms with van der Waals surface area (Å²) in [6.45, 7) is 0. The molecule has 1 aromatic heterocycles. The highest BCUT2D eigenvalue weighted by Gasteiger charge is 2.18. The lowest BCUT2D eigenvalue weighted by Crippen LogP contribution is -2.04. The first kappa shape index (κ1) is 11.2. The van der Waals surface area contributed by atoms with Crippen LogP contribution >= 0.6 is 15.9 Å². The maximum atomic E-state index is 12.5. The fourth-order valence-corrected chi connectivity index (χ4v) is 1.53. The Bertz CT molecular complexity index is 333. The van der Waals surface area contributed by atoms with Crippen LogP contribution in [0.1, 0.15) is 17.6 Å². The van der Waals surface area contributed by atoms with E-state index in [0.29, 0.717) is 5.56 Å². The van der Waals surface area contributed by atoms with Crippen LogP contribution in [0.5, 0.6) is 5.88 Å². The number of hydrogen-bond donors (Lipinski definition) is 1. The summed E-state index contributed by atoms with van der Waals surface area (Å²) in [6, 6.07) is 1.44. The normalized spacial score (nSPS) is 10.6. The molecule has 0 atom stereocenters. The Balaban J connectivity index is 3.27. The van der Waals surface area contributed by atoms with Gasteiger partial charge in [-0.15, -0.1) is 0 Å². The Morgan fingerprint density at radius 3 is 2.71 bits per heavy atom. The number of rotatable bonds is 3. The van der Waals surface area contributed by atoms with Crippen LogP contribution in [0.2, 0.25) is 0 Å². The van der Waals surface area contributed by atoms with Gasteiger partial charge in [-0.2, -0.15) is 4.98 Å². The molecular formula is C8H9BrF2N2O. The molecule has 0 amide bonds. The number of nitrogens with two attached hydrogens (primary N) is 1. The number of anilines is 1. The van der Waals surface area contributed by atoms with Crippen LogP contribution in [-0.4, -0.2) is 12.1 Å². The van der Waals surface area contributed by atoms with E-state index in [1.807, 2.05) is 0 Å². The van der Waals surface area contributed by atoms with E-state index in [1.165, 1.54) is 13.2 Å². The molecule has 1 rings (SSSR count). The molecule has 0 fully saturated rings. The van der Waals surface area contributed by atoms with Gasteiger partial charge in [-0.05, 0) is 5.56 Å². The summed E-state index contributed by atoms with van der Waals surface area (Å²) in [5, 5.41) is 0.287. The summed E-state index contributed by atoms with van der Waals surface area (Å²) in [4.78, 5) is 3.68. The number of nitrogen functional groups attached to an aromatic ring is 1. The molecule has 0 spiro atoms. The van der Waals surface area contributed by atoms with Crippen molar-refractivity contribution in [3.8, 4) is 5.88 Å². The van der Waals surface area contributed by atoms with E-state index in [1.54, 1.807) is 0 Å². The molecular weight excluding hydrogens is 258 g/mol. The monoisotopic (exact) mass is 266 g/mol. The summed E-state index contributed by atoms with van der Waals surface area (Å²) in [5.74, 6) is 0.0511. The molecule has 0 unspecified atom stereocenters. The number of pyridine rings is 1. The van der Waals surface area contributed by atoms with Gasteiger partial charge in [0.15, 0.2) is 0 Å². The van der Waals surface area contributed by atoms with Crippen molar-refractivity contribution in [2.45, 2.75) is 11.8 Å². The Morgan fingerprint density at radius 2 is 2.29 bits per heavy atom. The largest absolute Gasteiger partial charge is 0.481 e. The van der Waals surface area contributed by atoms with Crippen molar-refractivity contribution in [3.05, 3.63) is 17.2 Å². The minimum atomic E-state index is -2.62. The maximum Gasteiger partial charge on any atom is 0.267 e. The summed E-state index contributed by atoms with van der Waals surface area (Å²) in [5.41, 5.74) is 5.54. The van der Waals surface area contributed by atoms with Gasteiger partial charge in [-0.1, -0.05) is 15.9 Å². The molecule has 1 heterocycles. The van der Waals surface area contributed by atoms with E-state index in [0.717, 1.165) is 0 Å². The van der Waals surface area contributed by atoms with Crippen molar-refractivity contribution < 1.29 is 13.5 Å². The highest BCUT2D eigenvalue weighted by Crippen LogP contribution is 2.31. The average Bonchev–Trinajstić information content (AvgIpc) is 2.15. The summed E-state index contributed by atoms with van der Waals surface area (Å²) < 4.78 is 29.9. The Kier molecular flexibility index (Phi) is 3.62. The molecule has 0 aliphatic carbocycles. The van der Waals surface area contributed by atoms with Crippen molar-refractivity contribution in [3.63, 3.8) is 0 Å². The maximum absolute atomic E-state index is 12.5. The summed E-state index contributed by atoms with van der Waals surface area (Å²) in [6.07, 6.45) is -2.62. The molecule has 14 heavy (non-hydrogen) atoms. The number of alkyl halides is 3. The van der Waals surface area contributed by atoms with E-state index in [-0.39, 0.29) is 22.6 Å². The van der Waals surface area contributed by atoms with E-state index in [2.05, 4.69) is 20.9 Å². The molecule has 0 aliphatic rings. The SMILES string of the molecule is COc1cc(CBr)c(C(F)F)c(N)n1. The third-order valence-electron chi connectivity index (χ3n) is 1.72. The van der Waals surface area contributed by atoms with Crippen LogP contribution in [-0.2, 0) is 5.33 Å². The molecule has 1 aromatic rings. The fraction of sp³-hybridized carbons (Fsp3) is 0.375. The average molecular weight is 267 g/mol. The molecule has 0 saturated carbocycles. The number of methoxy groups -OCH3 is 1. The highest BCUT2D eigenvalue weighted by atomic mass is 79.9. The van der Waals surface area contributed by atoms with Gasteiger partial charge in [-0.3, -0.25) is 0 Å². The first-order valence-corrected chi connectivity index (χ1v) is 4.89. The number of hydrogen-bond acceptors (Lipinski definition) is 3. The van der Waals surface area contributed by atoms with Gasteiger partial charge >= 0.3 is 0 Å². The van der Waals surface area contributed by atoms with E-state index < -0.39 is 6.43 Å². The van der Waals surface area contributed by atoms with Crippen molar-refractivity contribution >= 4 is 21.7 Å². The van der Waals surface area contributed by atoms with Crippen LogP contribution in [0.25, 0.3) is 0 Å². The summed E-state index contributed by atoms with van der Waals surface area (Å²) >= 11 is 3.10. The van der Waals surface area contributed by atoms with Gasteiger partial charge in [0, 0.05) is 11.4 Å². The van der Waals surface area contributed by atoms with Crippen molar-refractivity contribution in [1.29, 1.82) is 0 Å². The van der Waals surface area contributed by atoms with Crippen LogP contribution in [0, 0.1) is 0 Å². The minimum absolute atomic E-state index is 0.186. The van der Waals surface area contributed by atoms with Crippen LogP contribution in [0.4, 0.5) is 14.6 Å². The molecule has 0 aromatic carbocycles. The molecule has 3 nitrogen and oxygen atoms in total. The first-order valence-electron chi connectivity index (χ1n) is 3.77. The van der Waals surface area contributed by atoms with Crippen molar-refractivity contribution in [2.75, 3.05) is 12.8 Å². The molecule has 78 valence electrons. The van der Waals surface area contributed by atoms with Crippen LogP contribution in [0.3, 0.4) is 0 Å². The second-order valence-corrected chi connectivity index (χ2v) is 3.12. The van der Waals surface area contributed by atoms with E-state index in [4.69, 9.17) is 10.5 Å². The second-order valence-electron chi connectivity index (χ2n) is 2.56. The van der Waals surface area contributed by atoms with Crippen LogP contribution in [0.15, 0.2) is 6.07 Å². The molecule has 6 heteroatoms. The smallest absolute Gasteiger partial charge is 0.267 e. The van der Waals surface area contributed by atoms with Crippen molar-refractivity contribution in [1.82, 2.24) is 4.98 Å². The number of nitrogens with zero attached hydrogens (tertiary/aromatic N) is 1. The lowest BCUT2D eigenvalue weighted by Gasteiger charge is -2.10. The highest BCUT2D eigenvalue weighted by molar-refractivity contribution is 9.08. The Labute approximate surface area is 88.4 Å². The number of aromatic nitrogens is 1. The molecule has 0 saturated heterocycles. The zero-order valence-corrected chi connectivity index (χ0v) is 9.01. The van der Waals surface area contributed by atoms with Gasteiger partial charge in [0.25, 0.3) is 6.43 Å². The van der Waals surface area contributed by atoms with Gasteiger partial charge < -0.3 is 10.5 Å². The molecule has 0 bridgehead atoms. The quantitative estimate of drug-likeness (QED) is 0.856. The zero-order valence-electron chi connectivity index (χ0n) is 7.43. The molecule has 2 N–H and O–H groups in total. The minimum Gasteiger partial charge on any atom is -0.481 e. The van der Waals surface area contributed by atoms with E-state index >= 15 is 0 Å². The van der Waals surface area contributed by atoms with Gasteiger partial charge in [0.2, 0.25) is 5.88 Å². The lowest BCUT2D eigenvalue weighted by atomic mass is 10.1. The van der Waals surface area contributed by atoms with Crippen molar-refractivity contribution in [2.24, 2.45) is 0 Å². The predicted molar refractivity (Wildman–Crippen MR) is 52.8 cm³/mol. The zero-order chi connectivity index (χ0) is 10.7. The lowest BCUT2D eigenvalue weighted by molar-refractivity contribution is 0.151. The number of halogens is 3. The topological polar surface area (TPSA) is 48.1 Å². The molecule has 0 radical (unpaired) electrons. The number of ether oxygens (including phenoxy) is 1. The third kappa shape index (κ3) is 2.12. The summed E-state index contributed by atoms with van der Waals surface area (Å²) in [7, 11) is 1.40. The third-order valence-corrected chi connectivity index (χ3v) is 2.33. The van der Waals surface area contributed by atoms with Gasteiger partial charge in [0.1, 0.15) is 5.82 Å². The van der Waals surface area contributed by atoms with E-state index in [9.17, 15) is 8.78 Å². The van der Waals surface area contributed by atoms with Gasteiger partial charge in [-0.25, -0.2) is 8.78 Å². The predicted octanol–water partition coefficient (Wildman–Crippen LogP) is 2.50. The Hall–Kier alpha value is -0.910. The van der Waals surface area contributed by atoms with Crippen LogP contribution < -0.4 is 10.5 Å². The Morgan fingerprint density at radius 1 is 1.64 bits per heavy atom. The standard InChI is InChI=1S/C8H9BrF2N2O/c1-14-5-2-4(3-9)6(7(10)11)8(12)13-5/h2,7H,3H2,1H3,(H2,12,13). The van der Waals surface area contributed by atoms with Gasteiger partial charge in [0.05, 0.1) is 12.7 Å². The second kappa shape index (κ2) is 4.54.